The van der Waals surface area contributed by atoms with Crippen molar-refractivity contribution in [2.45, 2.75) is 133 Å². The van der Waals surface area contributed by atoms with E-state index >= 15 is 0 Å². The van der Waals surface area contributed by atoms with E-state index in [1.807, 2.05) is 13.8 Å². The minimum atomic E-state index is 0.114. The summed E-state index contributed by atoms with van der Waals surface area (Å²) in [5, 5.41) is 39.3. The van der Waals surface area contributed by atoms with Crippen LogP contribution in [0.3, 0.4) is 0 Å². The minimum Gasteiger partial charge on any atom is -0.508 e. The number of hydrogen-bond donors (Lipinski definition) is 4. The van der Waals surface area contributed by atoms with Gasteiger partial charge in [-0.05, 0) is 163 Å². The Kier molecular flexibility index (Phi) is 19.8. The molecule has 48 heavy (non-hydrogen) atoms. The first-order valence-corrected chi connectivity index (χ1v) is 17.5. The second kappa shape index (κ2) is 22.6. The summed E-state index contributed by atoms with van der Waals surface area (Å²) in [6.07, 6.45) is 23.4. The summed E-state index contributed by atoms with van der Waals surface area (Å²) in [7, 11) is 0. The highest BCUT2D eigenvalue weighted by Crippen LogP contribution is 2.30. The van der Waals surface area contributed by atoms with Crippen LogP contribution in [0.15, 0.2) is 94.2 Å². The largest absolute Gasteiger partial charge is 0.508 e. The molecular formula is C44H64O4. The summed E-state index contributed by atoms with van der Waals surface area (Å²) in [5.41, 5.74) is 11.5. The van der Waals surface area contributed by atoms with Crippen molar-refractivity contribution < 1.29 is 20.4 Å². The summed E-state index contributed by atoms with van der Waals surface area (Å²) in [6.45, 7) is 21.0. The molecule has 4 nitrogen and oxygen atoms in total. The number of allylic oxidation sites excluding steroid dienone is 12. The van der Waals surface area contributed by atoms with Gasteiger partial charge in [-0.25, -0.2) is 0 Å². The molecule has 0 atom stereocenters. The van der Waals surface area contributed by atoms with Crippen molar-refractivity contribution in [2.75, 3.05) is 0 Å². The van der Waals surface area contributed by atoms with E-state index in [2.05, 4.69) is 91.8 Å². The first kappa shape index (κ1) is 42.1. The molecule has 0 aliphatic heterocycles. The fourth-order valence-electron chi connectivity index (χ4n) is 5.26. The Hall–Kier alpha value is -3.92. The van der Waals surface area contributed by atoms with Crippen LogP contribution < -0.4 is 0 Å². The summed E-state index contributed by atoms with van der Waals surface area (Å²) in [5.74, 6) is 0.632. The third-order valence-electron chi connectivity index (χ3n) is 8.34. The predicted molar refractivity (Wildman–Crippen MR) is 207 cm³/mol. The SMILES string of the molecule is CC(C)=CCC/C(C)=C/CC/C(C)=C/Cc1c(C)cc(O)cc1O.CC(C)=CCC/C(C)=C/CC/C(C)=C/Cc1c(O)cc(C)cc1O. The van der Waals surface area contributed by atoms with Crippen molar-refractivity contribution in [3.63, 3.8) is 0 Å². The van der Waals surface area contributed by atoms with Crippen molar-refractivity contribution in [3.8, 4) is 23.0 Å². The van der Waals surface area contributed by atoms with Crippen molar-refractivity contribution in [1.29, 1.82) is 0 Å². The highest BCUT2D eigenvalue weighted by molar-refractivity contribution is 5.47. The van der Waals surface area contributed by atoms with Gasteiger partial charge in [0.1, 0.15) is 23.0 Å². The van der Waals surface area contributed by atoms with E-state index in [1.165, 1.54) is 39.5 Å². The summed E-state index contributed by atoms with van der Waals surface area (Å²) in [6, 6.07) is 6.48. The van der Waals surface area contributed by atoms with Crippen LogP contribution >= 0.6 is 0 Å². The lowest BCUT2D eigenvalue weighted by Gasteiger charge is -2.08. The second-order valence-electron chi connectivity index (χ2n) is 13.9. The molecule has 2 aromatic rings. The standard InChI is InChI=1S/2C22H32O2/c1-16(2)8-6-9-17(3)10-7-11-18(4)12-13-21-19(5)14-20(23)15-22(21)24;1-16(2)8-6-9-17(3)10-7-11-18(4)12-13-20-21(23)14-19(5)15-22(20)24/h2*8,10,12,14-15,23-24H,6-7,9,11,13H2,1-5H3/b2*17-10+,18-12+. The van der Waals surface area contributed by atoms with Gasteiger partial charge < -0.3 is 20.4 Å². The Morgan fingerprint density at radius 3 is 1.21 bits per heavy atom. The maximum atomic E-state index is 9.95. The lowest BCUT2D eigenvalue weighted by molar-refractivity contribution is 0.440. The zero-order valence-corrected chi connectivity index (χ0v) is 31.6. The maximum Gasteiger partial charge on any atom is 0.123 e. The molecule has 2 rings (SSSR count). The number of aryl methyl sites for hydroxylation is 2. The van der Waals surface area contributed by atoms with Crippen LogP contribution in [0.5, 0.6) is 23.0 Å². The fourth-order valence-corrected chi connectivity index (χ4v) is 5.26. The van der Waals surface area contributed by atoms with E-state index in [0.717, 1.165) is 68.1 Å². The zero-order chi connectivity index (χ0) is 36.2. The van der Waals surface area contributed by atoms with Gasteiger partial charge in [0.15, 0.2) is 0 Å². The number of phenolic OH excluding ortho intramolecular Hbond substituents is 4. The van der Waals surface area contributed by atoms with Crippen LogP contribution in [0.4, 0.5) is 0 Å². The number of hydrogen-bond acceptors (Lipinski definition) is 4. The van der Waals surface area contributed by atoms with Gasteiger partial charge in [-0.1, -0.05) is 69.9 Å². The van der Waals surface area contributed by atoms with Crippen molar-refractivity contribution >= 4 is 0 Å². The van der Waals surface area contributed by atoms with Gasteiger partial charge in [0.25, 0.3) is 0 Å². The predicted octanol–water partition coefficient (Wildman–Crippen LogP) is 12.7. The van der Waals surface area contributed by atoms with Gasteiger partial charge in [0, 0.05) is 17.2 Å². The number of phenols is 4. The van der Waals surface area contributed by atoms with Crippen LogP contribution in [0.1, 0.15) is 129 Å². The van der Waals surface area contributed by atoms with Crippen LogP contribution in [0.2, 0.25) is 0 Å². The lowest BCUT2D eigenvalue weighted by atomic mass is 10.0. The molecule has 0 saturated heterocycles. The molecule has 4 heteroatoms. The van der Waals surface area contributed by atoms with E-state index in [-0.39, 0.29) is 23.0 Å². The van der Waals surface area contributed by atoms with E-state index in [0.29, 0.717) is 18.4 Å². The number of rotatable bonds is 16. The lowest BCUT2D eigenvalue weighted by Crippen LogP contribution is -1.90. The normalized spacial score (nSPS) is 12.4. The molecular weight excluding hydrogens is 592 g/mol. The van der Waals surface area contributed by atoms with E-state index < -0.39 is 0 Å². The molecule has 0 aliphatic carbocycles. The molecule has 4 N–H and O–H groups in total. The molecule has 0 spiro atoms. The van der Waals surface area contributed by atoms with Crippen LogP contribution in [-0.4, -0.2) is 20.4 Å². The highest BCUT2D eigenvalue weighted by atomic mass is 16.3. The molecule has 0 amide bonds. The van der Waals surface area contributed by atoms with Crippen LogP contribution in [0.25, 0.3) is 0 Å². The van der Waals surface area contributed by atoms with Crippen molar-refractivity contribution in [1.82, 2.24) is 0 Å². The highest BCUT2D eigenvalue weighted by Gasteiger charge is 2.08. The third kappa shape index (κ3) is 18.4. The zero-order valence-electron chi connectivity index (χ0n) is 31.6. The van der Waals surface area contributed by atoms with E-state index in [4.69, 9.17) is 0 Å². The maximum absolute atomic E-state index is 9.95. The van der Waals surface area contributed by atoms with Gasteiger partial charge in [0.05, 0.1) is 0 Å². The number of benzene rings is 2. The first-order chi connectivity index (χ1) is 22.6. The topological polar surface area (TPSA) is 80.9 Å². The first-order valence-electron chi connectivity index (χ1n) is 17.5. The second-order valence-corrected chi connectivity index (χ2v) is 13.9. The summed E-state index contributed by atoms with van der Waals surface area (Å²) in [4.78, 5) is 0. The molecule has 0 unspecified atom stereocenters. The van der Waals surface area contributed by atoms with Crippen LogP contribution in [-0.2, 0) is 12.8 Å². The Morgan fingerprint density at radius 2 is 0.812 bits per heavy atom. The van der Waals surface area contributed by atoms with Crippen molar-refractivity contribution in [2.24, 2.45) is 0 Å². The van der Waals surface area contributed by atoms with Gasteiger partial charge in [-0.3, -0.25) is 0 Å². The number of aromatic hydroxyl groups is 4. The molecule has 0 bridgehead atoms. The van der Waals surface area contributed by atoms with Gasteiger partial charge >= 0.3 is 0 Å². The average molecular weight is 657 g/mol. The van der Waals surface area contributed by atoms with E-state index in [9.17, 15) is 20.4 Å². The smallest absolute Gasteiger partial charge is 0.123 e. The summed E-state index contributed by atoms with van der Waals surface area (Å²) < 4.78 is 0. The average Bonchev–Trinajstić information content (AvgIpc) is 2.96. The molecule has 0 heterocycles. The molecule has 0 aliphatic rings. The molecule has 0 fully saturated rings. The van der Waals surface area contributed by atoms with Crippen LogP contribution in [0, 0.1) is 13.8 Å². The Labute approximate surface area is 292 Å². The quantitative estimate of drug-likeness (QED) is 0.136. The Balaban J connectivity index is 0.000000480. The molecule has 0 aromatic heterocycles. The monoisotopic (exact) mass is 656 g/mol. The molecule has 0 saturated carbocycles. The molecule has 2 aromatic carbocycles. The Morgan fingerprint density at radius 1 is 0.458 bits per heavy atom. The Bertz CT molecular complexity index is 1330. The molecule has 264 valence electrons. The third-order valence-corrected chi connectivity index (χ3v) is 8.34. The summed E-state index contributed by atoms with van der Waals surface area (Å²) >= 11 is 0. The van der Waals surface area contributed by atoms with Gasteiger partial charge in [0.2, 0.25) is 0 Å². The fraction of sp³-hybridized carbons (Fsp3) is 0.455. The molecule has 0 radical (unpaired) electrons. The van der Waals surface area contributed by atoms with Gasteiger partial charge in [-0.15, -0.1) is 0 Å². The van der Waals surface area contributed by atoms with Crippen molar-refractivity contribution in [3.05, 3.63) is 116 Å². The minimum absolute atomic E-state index is 0.114. The van der Waals surface area contributed by atoms with Gasteiger partial charge in [-0.2, -0.15) is 0 Å². The van der Waals surface area contributed by atoms with E-state index in [1.54, 1.807) is 18.2 Å².